The highest BCUT2D eigenvalue weighted by molar-refractivity contribution is 5.78. The number of nitrogens with zero attached hydrogens (tertiary/aromatic N) is 1. The number of carbonyl (C=O) groups excluding carboxylic acids is 1. The molecule has 3 rings (SSSR count). The quantitative estimate of drug-likeness (QED) is 0.707. The molecule has 2 aromatic rings. The summed E-state index contributed by atoms with van der Waals surface area (Å²) in [4.78, 5) is 27.0. The molecule has 168 valence electrons. The highest BCUT2D eigenvalue weighted by atomic mass is 16.5. The molecule has 0 aliphatic carbocycles. The highest BCUT2D eigenvalue weighted by Gasteiger charge is 2.31. The second kappa shape index (κ2) is 9.74. The van der Waals surface area contributed by atoms with Crippen molar-refractivity contribution < 1.29 is 33.3 Å². The van der Waals surface area contributed by atoms with E-state index in [9.17, 15) is 14.7 Å². The number of amides is 1. The molecule has 1 aliphatic heterocycles. The number of methoxy groups -OCH3 is 3. The summed E-state index contributed by atoms with van der Waals surface area (Å²) >= 11 is 0. The summed E-state index contributed by atoms with van der Waals surface area (Å²) in [7, 11) is 4.48. The first-order chi connectivity index (χ1) is 14.9. The van der Waals surface area contributed by atoms with Crippen LogP contribution in [0.2, 0.25) is 0 Å². The van der Waals surface area contributed by atoms with E-state index in [1.165, 1.54) is 27.4 Å². The Morgan fingerprint density at radius 2 is 1.68 bits per heavy atom. The van der Waals surface area contributed by atoms with E-state index in [0.29, 0.717) is 54.9 Å². The minimum absolute atomic E-state index is 0.00266. The van der Waals surface area contributed by atoms with Gasteiger partial charge >= 0.3 is 0 Å². The number of carbonyl (C=O) groups is 1. The van der Waals surface area contributed by atoms with Gasteiger partial charge in [0.1, 0.15) is 11.5 Å². The van der Waals surface area contributed by atoms with Crippen LogP contribution in [0.1, 0.15) is 29.4 Å². The average Bonchev–Trinajstić information content (AvgIpc) is 2.79. The van der Waals surface area contributed by atoms with Gasteiger partial charge in [0.05, 0.1) is 40.5 Å². The van der Waals surface area contributed by atoms with E-state index in [1.807, 2.05) is 0 Å². The topological polar surface area (TPSA) is 108 Å². The lowest BCUT2D eigenvalue weighted by atomic mass is 9.90. The van der Waals surface area contributed by atoms with Gasteiger partial charge in [0.25, 0.3) is 0 Å². The average molecular weight is 433 g/mol. The first kappa shape index (κ1) is 22.5. The smallest absolute Gasteiger partial charge is 0.227 e. The molecule has 1 aromatic carbocycles. The molecule has 1 aromatic heterocycles. The Morgan fingerprint density at radius 3 is 2.29 bits per heavy atom. The molecule has 1 saturated heterocycles. The van der Waals surface area contributed by atoms with Gasteiger partial charge in [-0.1, -0.05) is 0 Å². The molecule has 1 atom stereocenters. The van der Waals surface area contributed by atoms with E-state index < -0.39 is 17.1 Å². The highest BCUT2D eigenvalue weighted by Crippen LogP contribution is 2.43. The molecule has 0 saturated carbocycles. The van der Waals surface area contributed by atoms with Gasteiger partial charge < -0.3 is 33.4 Å². The summed E-state index contributed by atoms with van der Waals surface area (Å²) in [5.74, 6) is 0.0840. The summed E-state index contributed by atoms with van der Waals surface area (Å²) in [5, 5.41) is 10.5. The third-order valence-electron chi connectivity index (χ3n) is 5.24. The maximum absolute atomic E-state index is 13.1. The molecule has 9 heteroatoms. The van der Waals surface area contributed by atoms with Crippen LogP contribution in [0, 0.1) is 6.92 Å². The number of hydrogen-bond acceptors (Lipinski definition) is 8. The van der Waals surface area contributed by atoms with Crippen LogP contribution < -0.4 is 19.6 Å². The molecular formula is C22H27NO8. The van der Waals surface area contributed by atoms with E-state index in [2.05, 4.69) is 0 Å². The Balaban J connectivity index is 2.14. The van der Waals surface area contributed by atoms with Gasteiger partial charge in [0.2, 0.25) is 17.1 Å². The molecule has 0 unspecified atom stereocenters. The lowest BCUT2D eigenvalue weighted by molar-refractivity contribution is -0.135. The second-order valence-electron chi connectivity index (χ2n) is 7.13. The predicted octanol–water partition coefficient (Wildman–Crippen LogP) is 2.06. The molecule has 1 amide bonds. The maximum Gasteiger partial charge on any atom is 0.227 e. The Morgan fingerprint density at radius 1 is 1.06 bits per heavy atom. The van der Waals surface area contributed by atoms with Gasteiger partial charge in [0, 0.05) is 37.2 Å². The monoisotopic (exact) mass is 433 g/mol. The lowest BCUT2D eigenvalue weighted by Gasteiger charge is -2.29. The number of benzene rings is 1. The van der Waals surface area contributed by atoms with E-state index in [-0.39, 0.29) is 18.1 Å². The molecule has 1 aliphatic rings. The number of aryl methyl sites for hydroxylation is 1. The van der Waals surface area contributed by atoms with E-state index in [0.717, 1.165) is 0 Å². The normalized spacial score (nSPS) is 14.8. The van der Waals surface area contributed by atoms with Crippen LogP contribution in [0.4, 0.5) is 0 Å². The van der Waals surface area contributed by atoms with Crippen LogP contribution >= 0.6 is 0 Å². The van der Waals surface area contributed by atoms with Crippen molar-refractivity contribution in [3.8, 4) is 23.0 Å². The van der Waals surface area contributed by atoms with Gasteiger partial charge in [-0.05, 0) is 13.0 Å². The first-order valence-corrected chi connectivity index (χ1v) is 9.88. The minimum atomic E-state index is -0.794. The number of ether oxygens (including phenoxy) is 4. The SMILES string of the molecule is COc1cc(OC)c([C@H](CC(=O)N2CCOCC2)c2oc(C)cc(=O)c2O)cc1OC. The Bertz CT molecular complexity index is 994. The van der Waals surface area contributed by atoms with Crippen molar-refractivity contribution in [2.45, 2.75) is 19.3 Å². The van der Waals surface area contributed by atoms with Gasteiger partial charge in [-0.2, -0.15) is 0 Å². The fourth-order valence-electron chi connectivity index (χ4n) is 3.65. The van der Waals surface area contributed by atoms with E-state index >= 15 is 0 Å². The number of rotatable bonds is 7. The van der Waals surface area contributed by atoms with Gasteiger partial charge in [-0.25, -0.2) is 0 Å². The molecular weight excluding hydrogens is 406 g/mol. The predicted molar refractivity (Wildman–Crippen MR) is 111 cm³/mol. The van der Waals surface area contributed by atoms with Crippen molar-refractivity contribution in [3.05, 3.63) is 45.5 Å². The summed E-state index contributed by atoms with van der Waals surface area (Å²) in [6.07, 6.45) is -0.0498. The van der Waals surface area contributed by atoms with Gasteiger partial charge in [0.15, 0.2) is 17.3 Å². The molecule has 0 bridgehead atoms. The molecule has 0 spiro atoms. The van der Waals surface area contributed by atoms with Gasteiger partial charge in [-0.3, -0.25) is 9.59 Å². The zero-order valence-electron chi connectivity index (χ0n) is 18.1. The standard InChI is InChI=1S/C22H27NO8/c1-13-9-16(24)21(26)22(31-13)15(11-20(25)23-5-7-30-8-6-23)14-10-18(28-3)19(29-4)12-17(14)27-2/h9-10,12,15,26H,5-8,11H2,1-4H3/t15-/m0/s1. The lowest BCUT2D eigenvalue weighted by Crippen LogP contribution is -2.41. The molecule has 1 N–H and O–H groups in total. The number of morpholine rings is 1. The van der Waals surface area contributed by atoms with E-state index in [1.54, 1.807) is 24.0 Å². The Hall–Kier alpha value is -3.20. The molecule has 1 fully saturated rings. The van der Waals surface area contributed by atoms with Crippen molar-refractivity contribution in [1.82, 2.24) is 4.90 Å². The molecule has 0 radical (unpaired) electrons. The van der Waals surface area contributed by atoms with Crippen LogP contribution in [0.5, 0.6) is 23.0 Å². The van der Waals surface area contributed by atoms with Crippen LogP contribution in [-0.4, -0.2) is 63.5 Å². The number of aromatic hydroxyl groups is 1. The minimum Gasteiger partial charge on any atom is -0.502 e. The number of hydrogen-bond donors (Lipinski definition) is 1. The van der Waals surface area contributed by atoms with Crippen LogP contribution in [0.15, 0.2) is 27.4 Å². The van der Waals surface area contributed by atoms with Crippen LogP contribution in [-0.2, 0) is 9.53 Å². The third kappa shape index (κ3) is 4.77. The Labute approximate surface area is 180 Å². The largest absolute Gasteiger partial charge is 0.502 e. The zero-order chi connectivity index (χ0) is 22.5. The Kier molecular flexibility index (Phi) is 7.06. The third-order valence-corrected chi connectivity index (χ3v) is 5.24. The summed E-state index contributed by atoms with van der Waals surface area (Å²) in [6, 6.07) is 4.49. The van der Waals surface area contributed by atoms with Crippen molar-refractivity contribution in [2.75, 3.05) is 47.6 Å². The molecule has 2 heterocycles. The first-order valence-electron chi connectivity index (χ1n) is 9.88. The summed E-state index contributed by atoms with van der Waals surface area (Å²) < 4.78 is 27.4. The van der Waals surface area contributed by atoms with E-state index in [4.69, 9.17) is 23.4 Å². The molecule has 31 heavy (non-hydrogen) atoms. The van der Waals surface area contributed by atoms with Crippen LogP contribution in [0.3, 0.4) is 0 Å². The summed E-state index contributed by atoms with van der Waals surface area (Å²) in [6.45, 7) is 3.47. The van der Waals surface area contributed by atoms with Crippen molar-refractivity contribution in [3.63, 3.8) is 0 Å². The van der Waals surface area contributed by atoms with Gasteiger partial charge in [-0.15, -0.1) is 0 Å². The summed E-state index contributed by atoms with van der Waals surface area (Å²) in [5.41, 5.74) is -0.0622. The molecule has 9 nitrogen and oxygen atoms in total. The van der Waals surface area contributed by atoms with Crippen molar-refractivity contribution >= 4 is 5.91 Å². The second-order valence-corrected chi connectivity index (χ2v) is 7.13. The van der Waals surface area contributed by atoms with Crippen molar-refractivity contribution in [1.29, 1.82) is 0 Å². The maximum atomic E-state index is 13.1. The zero-order valence-corrected chi connectivity index (χ0v) is 18.1. The van der Waals surface area contributed by atoms with Crippen LogP contribution in [0.25, 0.3) is 0 Å². The van der Waals surface area contributed by atoms with Crippen molar-refractivity contribution in [2.24, 2.45) is 0 Å². The fourth-order valence-corrected chi connectivity index (χ4v) is 3.65. The fraction of sp³-hybridized carbons (Fsp3) is 0.455.